The van der Waals surface area contributed by atoms with Crippen LogP contribution in [0.3, 0.4) is 0 Å². The van der Waals surface area contributed by atoms with Crippen LogP contribution < -0.4 is 15.6 Å². The molecule has 1 aliphatic heterocycles. The van der Waals surface area contributed by atoms with E-state index in [1.807, 2.05) is 61.5 Å². The van der Waals surface area contributed by atoms with Crippen LogP contribution in [-0.4, -0.2) is 30.6 Å². The Balaban J connectivity index is 1.53. The third-order valence-corrected chi connectivity index (χ3v) is 4.25. The zero-order valence-electron chi connectivity index (χ0n) is 14.7. The summed E-state index contributed by atoms with van der Waals surface area (Å²) in [5.41, 5.74) is 5.94. The van der Waals surface area contributed by atoms with E-state index in [4.69, 9.17) is 0 Å². The highest BCUT2D eigenvalue weighted by Gasteiger charge is 2.21. The first-order valence-corrected chi connectivity index (χ1v) is 8.66. The van der Waals surface area contributed by atoms with Gasteiger partial charge < -0.3 is 10.2 Å². The Hall–Kier alpha value is -3.15. The summed E-state index contributed by atoms with van der Waals surface area (Å²) in [6.07, 6.45) is 1.52. The first-order chi connectivity index (χ1) is 12.6. The van der Waals surface area contributed by atoms with Crippen LogP contribution in [0.15, 0.2) is 59.7 Å². The minimum atomic E-state index is -0.215. The van der Waals surface area contributed by atoms with Crippen molar-refractivity contribution in [3.05, 3.63) is 60.2 Å². The average Bonchev–Trinajstić information content (AvgIpc) is 3.11. The number of amides is 2. The standard InChI is InChI=1S/C20H22N4O2/c1-15(22-23-19(25)14-21-17-6-3-2-4-7-17)16-9-11-18(12-10-16)24-13-5-8-20(24)26/h2-4,6-7,9-12,21H,5,8,13-14H2,1H3,(H,23,25)/b22-15-. The van der Waals surface area contributed by atoms with Crippen LogP contribution in [0.4, 0.5) is 11.4 Å². The van der Waals surface area contributed by atoms with Gasteiger partial charge in [0.15, 0.2) is 0 Å². The lowest BCUT2D eigenvalue weighted by Gasteiger charge is -2.15. The number of nitrogens with one attached hydrogen (secondary N) is 2. The van der Waals surface area contributed by atoms with Crippen LogP contribution in [0.2, 0.25) is 0 Å². The van der Waals surface area contributed by atoms with E-state index in [1.165, 1.54) is 0 Å². The van der Waals surface area contributed by atoms with Crippen LogP contribution in [0.5, 0.6) is 0 Å². The number of nitrogens with zero attached hydrogens (tertiary/aromatic N) is 2. The number of hydrazone groups is 1. The summed E-state index contributed by atoms with van der Waals surface area (Å²) < 4.78 is 0. The van der Waals surface area contributed by atoms with Crippen LogP contribution in [0.25, 0.3) is 0 Å². The highest BCUT2D eigenvalue weighted by atomic mass is 16.2. The Bertz CT molecular complexity index is 800. The van der Waals surface area contributed by atoms with Gasteiger partial charge in [-0.15, -0.1) is 0 Å². The highest BCUT2D eigenvalue weighted by Crippen LogP contribution is 2.21. The van der Waals surface area contributed by atoms with E-state index in [0.717, 1.165) is 29.9 Å². The van der Waals surface area contributed by atoms with Gasteiger partial charge in [-0.05, 0) is 43.2 Å². The molecule has 1 aliphatic rings. The van der Waals surface area contributed by atoms with Crippen LogP contribution >= 0.6 is 0 Å². The number of carbonyl (C=O) groups excluding carboxylic acids is 2. The fourth-order valence-electron chi connectivity index (χ4n) is 2.79. The second kappa shape index (κ2) is 8.29. The maximum absolute atomic E-state index is 11.9. The van der Waals surface area contributed by atoms with Crippen LogP contribution in [-0.2, 0) is 9.59 Å². The molecule has 1 fully saturated rings. The first-order valence-electron chi connectivity index (χ1n) is 8.66. The highest BCUT2D eigenvalue weighted by molar-refractivity contribution is 6.00. The number of benzene rings is 2. The lowest BCUT2D eigenvalue weighted by Crippen LogP contribution is -2.26. The summed E-state index contributed by atoms with van der Waals surface area (Å²) in [6, 6.07) is 17.2. The molecule has 1 heterocycles. The quantitative estimate of drug-likeness (QED) is 0.621. The largest absolute Gasteiger partial charge is 0.376 e. The minimum absolute atomic E-state index is 0.150. The van der Waals surface area contributed by atoms with Crippen molar-refractivity contribution >= 4 is 28.9 Å². The third kappa shape index (κ3) is 4.47. The molecule has 2 aromatic carbocycles. The molecule has 134 valence electrons. The van der Waals surface area contributed by atoms with Crippen molar-refractivity contribution in [2.45, 2.75) is 19.8 Å². The van der Waals surface area contributed by atoms with E-state index in [1.54, 1.807) is 4.90 Å². The van der Waals surface area contributed by atoms with Crippen molar-refractivity contribution in [3.63, 3.8) is 0 Å². The Kier molecular flexibility index (Phi) is 5.63. The summed E-state index contributed by atoms with van der Waals surface area (Å²) in [5.74, 6) is -0.0474. The number of carbonyl (C=O) groups is 2. The first kappa shape index (κ1) is 17.7. The maximum Gasteiger partial charge on any atom is 0.259 e. The summed E-state index contributed by atoms with van der Waals surface area (Å²) in [5, 5.41) is 7.18. The number of para-hydroxylation sites is 1. The molecule has 0 saturated carbocycles. The Labute approximate surface area is 152 Å². The summed E-state index contributed by atoms with van der Waals surface area (Å²) in [6.45, 7) is 2.76. The van der Waals surface area contributed by atoms with Crippen molar-refractivity contribution in [3.8, 4) is 0 Å². The van der Waals surface area contributed by atoms with Gasteiger partial charge in [0, 0.05) is 24.3 Å². The van der Waals surface area contributed by atoms with Gasteiger partial charge in [-0.25, -0.2) is 5.43 Å². The van der Waals surface area contributed by atoms with E-state index in [0.29, 0.717) is 12.1 Å². The maximum atomic E-state index is 11.9. The molecule has 0 bridgehead atoms. The molecule has 0 aliphatic carbocycles. The monoisotopic (exact) mass is 350 g/mol. The summed E-state index contributed by atoms with van der Waals surface area (Å²) in [4.78, 5) is 25.5. The SMILES string of the molecule is C/C(=N/NC(=O)CNc1ccccc1)c1ccc(N2CCCC2=O)cc1. The number of rotatable bonds is 6. The fraction of sp³-hybridized carbons (Fsp3) is 0.250. The molecular formula is C20H22N4O2. The molecule has 0 radical (unpaired) electrons. The predicted octanol–water partition coefficient (Wildman–Crippen LogP) is 2.77. The Morgan fingerprint density at radius 1 is 1.12 bits per heavy atom. The van der Waals surface area contributed by atoms with E-state index < -0.39 is 0 Å². The molecule has 3 rings (SSSR count). The average molecular weight is 350 g/mol. The van der Waals surface area contributed by atoms with Gasteiger partial charge in [-0.1, -0.05) is 30.3 Å². The molecular weight excluding hydrogens is 328 g/mol. The molecule has 2 amide bonds. The van der Waals surface area contributed by atoms with Crippen molar-refractivity contribution in [2.24, 2.45) is 5.10 Å². The van der Waals surface area contributed by atoms with E-state index in [-0.39, 0.29) is 18.4 Å². The normalized spacial score (nSPS) is 14.4. The molecule has 2 N–H and O–H groups in total. The number of hydrogen-bond donors (Lipinski definition) is 2. The van der Waals surface area contributed by atoms with Crippen molar-refractivity contribution in [1.29, 1.82) is 0 Å². The van der Waals surface area contributed by atoms with Crippen LogP contribution in [0.1, 0.15) is 25.3 Å². The van der Waals surface area contributed by atoms with Crippen LogP contribution in [0, 0.1) is 0 Å². The second-order valence-electron chi connectivity index (χ2n) is 6.15. The lowest BCUT2D eigenvalue weighted by molar-refractivity contribution is -0.119. The molecule has 0 spiro atoms. The molecule has 0 aromatic heterocycles. The Morgan fingerprint density at radius 3 is 2.50 bits per heavy atom. The summed E-state index contributed by atoms with van der Waals surface area (Å²) in [7, 11) is 0. The number of anilines is 2. The van der Waals surface area contributed by atoms with Gasteiger partial charge in [0.2, 0.25) is 5.91 Å². The van der Waals surface area contributed by atoms with Gasteiger partial charge in [-0.2, -0.15) is 5.10 Å². The molecule has 26 heavy (non-hydrogen) atoms. The zero-order valence-corrected chi connectivity index (χ0v) is 14.7. The molecule has 6 heteroatoms. The van der Waals surface area contributed by atoms with Gasteiger partial charge in [-0.3, -0.25) is 9.59 Å². The molecule has 6 nitrogen and oxygen atoms in total. The molecule has 2 aromatic rings. The molecule has 1 saturated heterocycles. The van der Waals surface area contributed by atoms with Crippen molar-refractivity contribution in [1.82, 2.24) is 5.43 Å². The van der Waals surface area contributed by atoms with Crippen molar-refractivity contribution < 1.29 is 9.59 Å². The number of hydrogen-bond acceptors (Lipinski definition) is 4. The summed E-state index contributed by atoms with van der Waals surface area (Å²) >= 11 is 0. The minimum Gasteiger partial charge on any atom is -0.376 e. The van der Waals surface area contributed by atoms with Crippen molar-refractivity contribution in [2.75, 3.05) is 23.3 Å². The van der Waals surface area contributed by atoms with E-state index in [2.05, 4.69) is 15.8 Å². The smallest absolute Gasteiger partial charge is 0.259 e. The fourth-order valence-corrected chi connectivity index (χ4v) is 2.79. The molecule has 0 unspecified atom stereocenters. The van der Waals surface area contributed by atoms with E-state index >= 15 is 0 Å². The van der Waals surface area contributed by atoms with Gasteiger partial charge in [0.25, 0.3) is 5.91 Å². The van der Waals surface area contributed by atoms with Gasteiger partial charge in [0.05, 0.1) is 12.3 Å². The topological polar surface area (TPSA) is 73.8 Å². The Morgan fingerprint density at radius 2 is 1.85 bits per heavy atom. The zero-order chi connectivity index (χ0) is 18.4. The second-order valence-corrected chi connectivity index (χ2v) is 6.15. The third-order valence-electron chi connectivity index (χ3n) is 4.25. The predicted molar refractivity (Wildman–Crippen MR) is 103 cm³/mol. The van der Waals surface area contributed by atoms with Gasteiger partial charge in [0.1, 0.15) is 0 Å². The lowest BCUT2D eigenvalue weighted by atomic mass is 10.1. The molecule has 0 atom stereocenters. The van der Waals surface area contributed by atoms with Gasteiger partial charge >= 0.3 is 0 Å². The van der Waals surface area contributed by atoms with E-state index in [9.17, 15) is 9.59 Å².